The molecule has 3 saturated heterocycles. The van der Waals surface area contributed by atoms with E-state index < -0.39 is 0 Å². The lowest BCUT2D eigenvalue weighted by atomic mass is 9.84. The van der Waals surface area contributed by atoms with Gasteiger partial charge in [-0.05, 0) is 37.8 Å². The molecule has 4 heterocycles. The first-order valence-corrected chi connectivity index (χ1v) is 8.88. The predicted molar refractivity (Wildman–Crippen MR) is 83.8 cm³/mol. The van der Waals surface area contributed by atoms with Crippen LogP contribution in [0.1, 0.15) is 39.5 Å². The van der Waals surface area contributed by atoms with Crippen LogP contribution in [-0.2, 0) is 0 Å². The lowest BCUT2D eigenvalue weighted by molar-refractivity contribution is 0.0816. The number of hydrogen-bond donors (Lipinski definition) is 1. The molecule has 4 aliphatic rings. The monoisotopic (exact) mass is 281 g/mol. The second kappa shape index (κ2) is 6.04. The average Bonchev–Trinajstić information content (AvgIpc) is 2.90. The summed E-state index contributed by atoms with van der Waals surface area (Å²) in [6.45, 7) is 9.53. The van der Waals surface area contributed by atoms with Gasteiger partial charge in [-0.1, -0.05) is 38.5 Å². The Bertz CT molecular complexity index is 332. The number of nitrogens with one attached hydrogen (secondary N) is 1. The van der Waals surface area contributed by atoms with Crippen molar-refractivity contribution in [3.63, 3.8) is 0 Å². The standard InChI is InChI=1S/C15H27N3S/c1-3-11(4-2)14-9-16-15(19-14)17-13-10-18-7-5-12(13)6-8-18/h11-14H,3-10H2,1-2H3,(H,16,17). The van der Waals surface area contributed by atoms with Gasteiger partial charge < -0.3 is 10.2 Å². The molecule has 0 aliphatic carbocycles. The molecule has 2 bridgehead atoms. The summed E-state index contributed by atoms with van der Waals surface area (Å²) in [4.78, 5) is 7.37. The van der Waals surface area contributed by atoms with Gasteiger partial charge in [0.15, 0.2) is 5.17 Å². The van der Waals surface area contributed by atoms with Gasteiger partial charge in [0.25, 0.3) is 0 Å². The summed E-state index contributed by atoms with van der Waals surface area (Å²) < 4.78 is 0. The summed E-state index contributed by atoms with van der Waals surface area (Å²) in [7, 11) is 0. The van der Waals surface area contributed by atoms with Crippen LogP contribution in [0.15, 0.2) is 4.99 Å². The minimum atomic E-state index is 0.661. The highest BCUT2D eigenvalue weighted by Crippen LogP contribution is 2.32. The summed E-state index contributed by atoms with van der Waals surface area (Å²) in [5, 5.41) is 5.71. The van der Waals surface area contributed by atoms with Crippen molar-refractivity contribution >= 4 is 16.9 Å². The van der Waals surface area contributed by atoms with Crippen molar-refractivity contribution < 1.29 is 0 Å². The van der Waals surface area contributed by atoms with E-state index in [9.17, 15) is 0 Å². The Morgan fingerprint density at radius 2 is 2.05 bits per heavy atom. The summed E-state index contributed by atoms with van der Waals surface area (Å²) in [6, 6.07) is 0.661. The maximum absolute atomic E-state index is 4.76. The van der Waals surface area contributed by atoms with E-state index in [-0.39, 0.29) is 0 Å². The molecular formula is C15H27N3S. The van der Waals surface area contributed by atoms with Crippen LogP contribution < -0.4 is 5.32 Å². The second-order valence-electron chi connectivity index (χ2n) is 6.27. The number of hydrogen-bond acceptors (Lipinski definition) is 4. The average molecular weight is 281 g/mol. The molecule has 2 atom stereocenters. The van der Waals surface area contributed by atoms with E-state index in [1.54, 1.807) is 0 Å². The number of aliphatic imine (C=N–C) groups is 1. The highest BCUT2D eigenvalue weighted by molar-refractivity contribution is 8.14. The molecule has 0 spiro atoms. The molecule has 0 radical (unpaired) electrons. The third kappa shape index (κ3) is 2.94. The van der Waals surface area contributed by atoms with Crippen molar-refractivity contribution in [2.45, 2.75) is 50.8 Å². The number of nitrogens with zero attached hydrogens (tertiary/aromatic N) is 2. The highest BCUT2D eigenvalue weighted by Gasteiger charge is 2.36. The maximum atomic E-state index is 4.76. The first-order chi connectivity index (χ1) is 9.30. The zero-order chi connectivity index (χ0) is 13.2. The Hall–Kier alpha value is -0.220. The minimum Gasteiger partial charge on any atom is -0.361 e. The van der Waals surface area contributed by atoms with Crippen LogP contribution in [0.4, 0.5) is 0 Å². The van der Waals surface area contributed by atoms with Crippen LogP contribution in [0.5, 0.6) is 0 Å². The fourth-order valence-electron chi connectivity index (χ4n) is 3.82. The molecule has 2 unspecified atom stereocenters. The van der Waals surface area contributed by atoms with Crippen LogP contribution in [0.2, 0.25) is 0 Å². The zero-order valence-corrected chi connectivity index (χ0v) is 13.1. The Balaban J connectivity index is 1.52. The lowest BCUT2D eigenvalue weighted by Gasteiger charge is -2.45. The quantitative estimate of drug-likeness (QED) is 0.858. The van der Waals surface area contributed by atoms with Crippen molar-refractivity contribution in [1.29, 1.82) is 0 Å². The van der Waals surface area contributed by atoms with Crippen molar-refractivity contribution in [1.82, 2.24) is 10.2 Å². The van der Waals surface area contributed by atoms with Gasteiger partial charge in [0, 0.05) is 17.8 Å². The van der Waals surface area contributed by atoms with Gasteiger partial charge in [-0.3, -0.25) is 4.99 Å². The molecule has 3 fully saturated rings. The van der Waals surface area contributed by atoms with E-state index in [1.807, 2.05) is 11.8 Å². The summed E-state index contributed by atoms with van der Waals surface area (Å²) in [6.07, 6.45) is 5.34. The van der Waals surface area contributed by atoms with Crippen LogP contribution in [-0.4, -0.2) is 47.5 Å². The fourth-order valence-corrected chi connectivity index (χ4v) is 5.20. The minimum absolute atomic E-state index is 0.661. The number of amidine groups is 1. The number of thioether (sulfide) groups is 1. The third-order valence-corrected chi connectivity index (χ3v) is 6.52. The number of rotatable bonds is 4. The van der Waals surface area contributed by atoms with Crippen molar-refractivity contribution in [2.75, 3.05) is 26.2 Å². The molecule has 0 amide bonds. The summed E-state index contributed by atoms with van der Waals surface area (Å²) in [5.41, 5.74) is 0. The molecule has 108 valence electrons. The Kier molecular flexibility index (Phi) is 4.37. The normalized spacial score (nSPS) is 37.7. The number of piperidine rings is 3. The van der Waals surface area contributed by atoms with E-state index >= 15 is 0 Å². The van der Waals surface area contributed by atoms with Crippen LogP contribution in [0.3, 0.4) is 0 Å². The molecule has 0 aromatic heterocycles. The Morgan fingerprint density at radius 3 is 2.63 bits per heavy atom. The second-order valence-corrected chi connectivity index (χ2v) is 7.50. The van der Waals surface area contributed by atoms with E-state index in [1.165, 1.54) is 50.5 Å². The molecular weight excluding hydrogens is 254 g/mol. The molecule has 4 heteroatoms. The van der Waals surface area contributed by atoms with Crippen LogP contribution >= 0.6 is 11.8 Å². The summed E-state index contributed by atoms with van der Waals surface area (Å²) in [5.74, 6) is 1.72. The third-order valence-electron chi connectivity index (χ3n) is 5.22. The van der Waals surface area contributed by atoms with Crippen LogP contribution in [0.25, 0.3) is 0 Å². The van der Waals surface area contributed by atoms with E-state index in [4.69, 9.17) is 4.99 Å². The van der Waals surface area contributed by atoms with Crippen molar-refractivity contribution in [3.05, 3.63) is 0 Å². The van der Waals surface area contributed by atoms with Gasteiger partial charge in [0.2, 0.25) is 0 Å². The van der Waals surface area contributed by atoms with Gasteiger partial charge in [-0.15, -0.1) is 0 Å². The van der Waals surface area contributed by atoms with Gasteiger partial charge in [-0.25, -0.2) is 0 Å². The molecule has 19 heavy (non-hydrogen) atoms. The maximum Gasteiger partial charge on any atom is 0.157 e. The topological polar surface area (TPSA) is 27.6 Å². The Morgan fingerprint density at radius 1 is 1.32 bits per heavy atom. The smallest absolute Gasteiger partial charge is 0.157 e. The largest absolute Gasteiger partial charge is 0.361 e. The first-order valence-electron chi connectivity index (χ1n) is 8.00. The van der Waals surface area contributed by atoms with Gasteiger partial charge in [0.05, 0.1) is 6.54 Å². The molecule has 4 aliphatic heterocycles. The number of fused-ring (bicyclic) bond motifs is 3. The summed E-state index contributed by atoms with van der Waals surface area (Å²) >= 11 is 2.01. The van der Waals surface area contributed by atoms with E-state index in [2.05, 4.69) is 24.1 Å². The molecule has 1 N–H and O–H groups in total. The molecule has 3 nitrogen and oxygen atoms in total. The van der Waals surface area contributed by atoms with Gasteiger partial charge >= 0.3 is 0 Å². The van der Waals surface area contributed by atoms with Crippen molar-refractivity contribution in [2.24, 2.45) is 16.8 Å². The Labute approximate surface area is 121 Å². The lowest BCUT2D eigenvalue weighted by Crippen LogP contribution is -2.56. The molecule has 0 aromatic carbocycles. The van der Waals surface area contributed by atoms with E-state index in [0.717, 1.165) is 23.6 Å². The SMILES string of the molecule is CCC(CC)C1CN=C(NC2CN3CCC2CC3)S1. The first kappa shape index (κ1) is 13.7. The van der Waals surface area contributed by atoms with Crippen LogP contribution in [0, 0.1) is 11.8 Å². The molecule has 0 aromatic rings. The zero-order valence-electron chi connectivity index (χ0n) is 12.3. The van der Waals surface area contributed by atoms with Gasteiger partial charge in [-0.2, -0.15) is 0 Å². The van der Waals surface area contributed by atoms with Gasteiger partial charge in [0.1, 0.15) is 0 Å². The molecule has 0 saturated carbocycles. The van der Waals surface area contributed by atoms with E-state index in [0.29, 0.717) is 6.04 Å². The van der Waals surface area contributed by atoms with Crippen molar-refractivity contribution in [3.8, 4) is 0 Å². The fraction of sp³-hybridized carbons (Fsp3) is 0.933. The highest BCUT2D eigenvalue weighted by atomic mass is 32.2. The molecule has 4 rings (SSSR count). The predicted octanol–water partition coefficient (Wildman–Crippen LogP) is 2.58.